The van der Waals surface area contributed by atoms with Crippen LogP contribution >= 0.6 is 11.3 Å². The van der Waals surface area contributed by atoms with Crippen LogP contribution in [0.5, 0.6) is 0 Å². The fraction of sp³-hybridized carbons (Fsp3) is 0. The highest BCUT2D eigenvalue weighted by Crippen LogP contribution is 2.45. The highest BCUT2D eigenvalue weighted by molar-refractivity contribution is 7.26. The maximum absolute atomic E-state index is 5.37. The van der Waals surface area contributed by atoms with Crippen LogP contribution in [0, 0.1) is 0 Å². The van der Waals surface area contributed by atoms with Gasteiger partial charge in [0.1, 0.15) is 0 Å². The topological polar surface area (TPSA) is 30.7 Å². The van der Waals surface area contributed by atoms with E-state index in [1.54, 1.807) is 11.3 Å². The first kappa shape index (κ1) is 32.3. The lowest BCUT2D eigenvalue weighted by atomic mass is 9.95. The number of hydrogen-bond acceptors (Lipinski definition) is 3. The Morgan fingerprint density at radius 3 is 1.79 bits per heavy atom. The van der Waals surface area contributed by atoms with Crippen LogP contribution in [-0.4, -0.2) is 14.5 Å². The first-order chi connectivity index (χ1) is 27.8. The van der Waals surface area contributed by atoms with E-state index < -0.39 is 0 Å². The number of hydrogen-bond donors (Lipinski definition) is 0. The Balaban J connectivity index is 1.13. The number of thiophene rings is 1. The lowest BCUT2D eigenvalue weighted by Crippen LogP contribution is -1.95. The van der Waals surface area contributed by atoms with Crippen molar-refractivity contribution in [3.05, 3.63) is 200 Å². The maximum atomic E-state index is 5.37. The van der Waals surface area contributed by atoms with Crippen molar-refractivity contribution in [2.45, 2.75) is 0 Å². The third kappa shape index (κ3) is 5.34. The Morgan fingerprint density at radius 1 is 0.411 bits per heavy atom. The maximum Gasteiger partial charge on any atom is 0.160 e. The predicted octanol–water partition coefficient (Wildman–Crippen LogP) is 14.3. The van der Waals surface area contributed by atoms with E-state index in [1.807, 2.05) is 6.07 Å². The van der Waals surface area contributed by atoms with E-state index in [0.717, 1.165) is 60.6 Å². The highest BCUT2D eigenvalue weighted by atomic mass is 32.1. The van der Waals surface area contributed by atoms with Gasteiger partial charge in [-0.05, 0) is 64.2 Å². The Hall–Kier alpha value is -7.14. The van der Waals surface area contributed by atoms with Gasteiger partial charge < -0.3 is 4.57 Å². The molecule has 3 nitrogen and oxygen atoms in total. The molecule has 0 saturated carbocycles. The molecule has 56 heavy (non-hydrogen) atoms. The lowest BCUT2D eigenvalue weighted by Gasteiger charge is -2.13. The molecule has 3 heterocycles. The minimum absolute atomic E-state index is 0.724. The smallest absolute Gasteiger partial charge is 0.160 e. The number of rotatable bonds is 6. The van der Waals surface area contributed by atoms with E-state index in [-0.39, 0.29) is 0 Å². The number of para-hydroxylation sites is 3. The molecule has 0 N–H and O–H groups in total. The van der Waals surface area contributed by atoms with E-state index in [4.69, 9.17) is 9.97 Å². The molecule has 0 aliphatic rings. The molecule has 3 aromatic heterocycles. The van der Waals surface area contributed by atoms with Gasteiger partial charge in [0.05, 0.1) is 26.9 Å². The standard InChI is InChI=1S/C52H33N3S/c1-4-16-34(17-5-1)36-20-12-23-39(32-36)48-51-49(54-52(53-48)35-18-6-2-7-19-35)47-41(27-15-31-46(47)56-51)37-21-13-22-38(33-37)42-28-14-29-44-43-26-10-11-30-45(43)55(50(42)44)40-24-8-3-9-25-40/h1-33H. The molecule has 0 amide bonds. The van der Waals surface area contributed by atoms with Crippen molar-refractivity contribution in [1.82, 2.24) is 14.5 Å². The van der Waals surface area contributed by atoms with Crippen LogP contribution in [0.15, 0.2) is 200 Å². The minimum Gasteiger partial charge on any atom is -0.309 e. The van der Waals surface area contributed by atoms with Gasteiger partial charge in [0.15, 0.2) is 5.82 Å². The third-order valence-electron chi connectivity index (χ3n) is 10.8. The van der Waals surface area contributed by atoms with Gasteiger partial charge in [-0.3, -0.25) is 0 Å². The molecular weight excluding hydrogens is 699 g/mol. The zero-order valence-electron chi connectivity index (χ0n) is 30.3. The van der Waals surface area contributed by atoms with Crippen LogP contribution < -0.4 is 0 Å². The average molecular weight is 732 g/mol. The van der Waals surface area contributed by atoms with Crippen molar-refractivity contribution < 1.29 is 0 Å². The van der Waals surface area contributed by atoms with E-state index in [0.29, 0.717) is 0 Å². The first-order valence-corrected chi connectivity index (χ1v) is 19.7. The molecule has 0 bridgehead atoms. The fourth-order valence-electron chi connectivity index (χ4n) is 8.27. The van der Waals surface area contributed by atoms with Crippen LogP contribution in [0.4, 0.5) is 0 Å². The number of aromatic nitrogens is 3. The van der Waals surface area contributed by atoms with E-state index in [2.05, 4.69) is 199 Å². The van der Waals surface area contributed by atoms with E-state index in [9.17, 15) is 0 Å². The van der Waals surface area contributed by atoms with Gasteiger partial charge in [-0.25, -0.2) is 9.97 Å². The second-order valence-electron chi connectivity index (χ2n) is 14.1. The van der Waals surface area contributed by atoms with Gasteiger partial charge in [0, 0.05) is 43.2 Å². The minimum atomic E-state index is 0.724. The van der Waals surface area contributed by atoms with Crippen molar-refractivity contribution in [1.29, 1.82) is 0 Å². The monoisotopic (exact) mass is 731 g/mol. The van der Waals surface area contributed by atoms with Crippen LogP contribution in [0.1, 0.15) is 0 Å². The number of nitrogens with zero attached hydrogens (tertiary/aromatic N) is 3. The molecular formula is C52H33N3S. The second kappa shape index (κ2) is 13.3. The van der Waals surface area contributed by atoms with E-state index in [1.165, 1.54) is 43.2 Å². The Labute approximate surface area is 328 Å². The predicted molar refractivity (Wildman–Crippen MR) is 236 cm³/mol. The van der Waals surface area contributed by atoms with Crippen LogP contribution in [-0.2, 0) is 0 Å². The number of benzene rings is 8. The normalized spacial score (nSPS) is 11.6. The largest absolute Gasteiger partial charge is 0.309 e. The molecule has 0 saturated heterocycles. The molecule has 0 atom stereocenters. The van der Waals surface area contributed by atoms with Crippen molar-refractivity contribution in [3.8, 4) is 61.7 Å². The van der Waals surface area contributed by atoms with E-state index >= 15 is 0 Å². The summed E-state index contributed by atoms with van der Waals surface area (Å²) in [5.41, 5.74) is 14.6. The average Bonchev–Trinajstić information content (AvgIpc) is 3.83. The molecule has 0 fully saturated rings. The highest BCUT2D eigenvalue weighted by Gasteiger charge is 2.21. The first-order valence-electron chi connectivity index (χ1n) is 18.9. The van der Waals surface area contributed by atoms with Crippen molar-refractivity contribution >= 4 is 53.4 Å². The number of fused-ring (bicyclic) bond motifs is 6. The van der Waals surface area contributed by atoms with Crippen LogP contribution in [0.2, 0.25) is 0 Å². The SMILES string of the molecule is c1ccc(-c2cccc(-c3nc(-c4ccccc4)nc4c3sc3cccc(-c5cccc(-c6cccc7c8ccccc8n(-c8ccccc8)c67)c5)c34)c2)cc1. The summed E-state index contributed by atoms with van der Waals surface area (Å²) in [6, 6.07) is 71.4. The molecule has 0 spiro atoms. The van der Waals surface area contributed by atoms with Gasteiger partial charge in [0.25, 0.3) is 0 Å². The molecule has 0 aliphatic heterocycles. The third-order valence-corrected chi connectivity index (χ3v) is 12.0. The molecule has 0 unspecified atom stereocenters. The molecule has 11 aromatic rings. The van der Waals surface area contributed by atoms with Gasteiger partial charge in [-0.1, -0.05) is 164 Å². The van der Waals surface area contributed by atoms with Gasteiger partial charge in [0.2, 0.25) is 0 Å². The zero-order valence-corrected chi connectivity index (χ0v) is 31.1. The molecule has 0 radical (unpaired) electrons. The molecule has 4 heteroatoms. The zero-order chi connectivity index (χ0) is 37.0. The van der Waals surface area contributed by atoms with Crippen LogP contribution in [0.3, 0.4) is 0 Å². The summed E-state index contributed by atoms with van der Waals surface area (Å²) >= 11 is 1.77. The quantitative estimate of drug-likeness (QED) is 0.170. The fourth-order valence-corrected chi connectivity index (χ4v) is 9.45. The van der Waals surface area contributed by atoms with Gasteiger partial charge >= 0.3 is 0 Å². The summed E-state index contributed by atoms with van der Waals surface area (Å²) in [5, 5.41) is 3.64. The van der Waals surface area contributed by atoms with Gasteiger partial charge in [-0.2, -0.15) is 0 Å². The van der Waals surface area contributed by atoms with Crippen molar-refractivity contribution in [2.75, 3.05) is 0 Å². The summed E-state index contributed by atoms with van der Waals surface area (Å²) in [4.78, 5) is 10.7. The van der Waals surface area contributed by atoms with Gasteiger partial charge in [-0.15, -0.1) is 11.3 Å². The Kier molecular flexibility index (Phi) is 7.68. The summed E-state index contributed by atoms with van der Waals surface area (Å²) in [7, 11) is 0. The second-order valence-corrected chi connectivity index (χ2v) is 15.2. The summed E-state index contributed by atoms with van der Waals surface area (Å²) < 4.78 is 4.69. The Morgan fingerprint density at radius 2 is 0.982 bits per heavy atom. The van der Waals surface area contributed by atoms with Crippen molar-refractivity contribution in [2.24, 2.45) is 0 Å². The summed E-state index contributed by atoms with van der Waals surface area (Å²) in [5.74, 6) is 0.724. The molecule has 0 aliphatic carbocycles. The summed E-state index contributed by atoms with van der Waals surface area (Å²) in [6.07, 6.45) is 0. The molecule has 11 rings (SSSR count). The van der Waals surface area contributed by atoms with Crippen molar-refractivity contribution in [3.63, 3.8) is 0 Å². The Bertz CT molecular complexity index is 3240. The van der Waals surface area contributed by atoms with Crippen LogP contribution in [0.25, 0.3) is 104 Å². The lowest BCUT2D eigenvalue weighted by molar-refractivity contribution is 1.18. The summed E-state index contributed by atoms with van der Waals surface area (Å²) in [6.45, 7) is 0. The molecule has 8 aromatic carbocycles. The molecule has 262 valence electrons.